The van der Waals surface area contributed by atoms with Crippen LogP contribution in [-0.4, -0.2) is 29.2 Å². The van der Waals surface area contributed by atoms with Gasteiger partial charge in [0.15, 0.2) is 0 Å². The molecule has 0 bridgehead atoms. The lowest BCUT2D eigenvalue weighted by Crippen LogP contribution is -2.50. The summed E-state index contributed by atoms with van der Waals surface area (Å²) in [6, 6.07) is 0.221. The monoisotopic (exact) mass is 241 g/mol. The molecule has 17 heavy (non-hydrogen) atoms. The molecule has 1 aliphatic heterocycles. The van der Waals surface area contributed by atoms with Gasteiger partial charge in [-0.05, 0) is 26.7 Å². The third kappa shape index (κ3) is 3.36. The number of carbonyl (C=O) groups excluding carboxylic acids is 1. The van der Waals surface area contributed by atoms with Crippen molar-refractivity contribution in [3.8, 4) is 0 Å². The van der Waals surface area contributed by atoms with Gasteiger partial charge in [0.25, 0.3) is 0 Å². The first-order chi connectivity index (χ1) is 8.05. The molecule has 3 heteroatoms. The van der Waals surface area contributed by atoms with E-state index >= 15 is 0 Å². The summed E-state index contributed by atoms with van der Waals surface area (Å²) in [5.41, 5.74) is -0.0270. The second kappa shape index (κ2) is 6.27. The number of rotatable bonds is 7. The number of unbranched alkanes of at least 4 members (excludes halogenated alkanes) is 3. The van der Waals surface area contributed by atoms with E-state index in [9.17, 15) is 4.79 Å². The van der Waals surface area contributed by atoms with Gasteiger partial charge in [0.05, 0.1) is 6.04 Å². The first-order valence-electron chi connectivity index (χ1n) is 7.01. The van der Waals surface area contributed by atoms with Crippen LogP contribution in [0.15, 0.2) is 0 Å². The van der Waals surface area contributed by atoms with E-state index in [4.69, 9.17) is 4.74 Å². The van der Waals surface area contributed by atoms with E-state index < -0.39 is 0 Å². The highest BCUT2D eigenvalue weighted by Crippen LogP contribution is 2.31. The SMILES string of the molecule is CCCCCCC(C)(CC)N1C(=O)OCC1C. The Labute approximate surface area is 106 Å². The van der Waals surface area contributed by atoms with Crippen LogP contribution in [0.4, 0.5) is 4.79 Å². The molecule has 2 unspecified atom stereocenters. The summed E-state index contributed by atoms with van der Waals surface area (Å²) in [4.78, 5) is 13.7. The molecular weight excluding hydrogens is 214 g/mol. The van der Waals surface area contributed by atoms with Crippen molar-refractivity contribution in [3.05, 3.63) is 0 Å². The van der Waals surface area contributed by atoms with Crippen LogP contribution in [-0.2, 0) is 4.74 Å². The molecule has 0 spiro atoms. The van der Waals surface area contributed by atoms with Gasteiger partial charge in [-0.25, -0.2) is 4.79 Å². The van der Waals surface area contributed by atoms with Crippen LogP contribution < -0.4 is 0 Å². The summed E-state index contributed by atoms with van der Waals surface area (Å²) in [5, 5.41) is 0. The zero-order valence-corrected chi connectivity index (χ0v) is 11.8. The zero-order chi connectivity index (χ0) is 12.9. The highest BCUT2D eigenvalue weighted by molar-refractivity contribution is 5.71. The molecule has 1 aliphatic rings. The van der Waals surface area contributed by atoms with Crippen molar-refractivity contribution in [2.45, 2.75) is 77.8 Å². The molecule has 1 saturated heterocycles. The van der Waals surface area contributed by atoms with E-state index in [2.05, 4.69) is 27.7 Å². The van der Waals surface area contributed by atoms with E-state index in [-0.39, 0.29) is 17.7 Å². The van der Waals surface area contributed by atoms with E-state index in [1.165, 1.54) is 25.7 Å². The first-order valence-corrected chi connectivity index (χ1v) is 7.01. The number of ether oxygens (including phenoxy) is 1. The second-order valence-electron chi connectivity index (χ2n) is 5.46. The Hall–Kier alpha value is -0.730. The minimum Gasteiger partial charge on any atom is -0.447 e. The van der Waals surface area contributed by atoms with Gasteiger partial charge in [0.2, 0.25) is 0 Å². The number of carbonyl (C=O) groups is 1. The first kappa shape index (κ1) is 14.3. The molecule has 100 valence electrons. The van der Waals surface area contributed by atoms with Crippen LogP contribution in [0.1, 0.15) is 66.2 Å². The molecule has 2 atom stereocenters. The smallest absolute Gasteiger partial charge is 0.410 e. The average molecular weight is 241 g/mol. The molecule has 0 aromatic rings. The lowest BCUT2D eigenvalue weighted by Gasteiger charge is -2.39. The van der Waals surface area contributed by atoms with Crippen molar-refractivity contribution < 1.29 is 9.53 Å². The van der Waals surface area contributed by atoms with Crippen LogP contribution in [0.5, 0.6) is 0 Å². The van der Waals surface area contributed by atoms with Gasteiger partial charge >= 0.3 is 6.09 Å². The Morgan fingerprint density at radius 1 is 1.35 bits per heavy atom. The minimum absolute atomic E-state index is 0.0270. The number of hydrogen-bond acceptors (Lipinski definition) is 2. The lowest BCUT2D eigenvalue weighted by molar-refractivity contribution is 0.0957. The topological polar surface area (TPSA) is 29.5 Å². The van der Waals surface area contributed by atoms with Gasteiger partial charge in [-0.3, -0.25) is 4.90 Å². The van der Waals surface area contributed by atoms with Crippen LogP contribution >= 0.6 is 0 Å². The molecule has 1 heterocycles. The van der Waals surface area contributed by atoms with Crippen LogP contribution in [0.25, 0.3) is 0 Å². The van der Waals surface area contributed by atoms with E-state index in [0.717, 1.165) is 12.8 Å². The average Bonchev–Trinajstić information content (AvgIpc) is 2.65. The van der Waals surface area contributed by atoms with Gasteiger partial charge < -0.3 is 4.74 Å². The third-order valence-corrected chi connectivity index (χ3v) is 4.00. The van der Waals surface area contributed by atoms with Gasteiger partial charge in [-0.2, -0.15) is 0 Å². The molecule has 0 N–H and O–H groups in total. The fourth-order valence-corrected chi connectivity index (χ4v) is 2.67. The largest absolute Gasteiger partial charge is 0.447 e. The molecule has 3 nitrogen and oxygen atoms in total. The molecule has 1 amide bonds. The predicted molar refractivity (Wildman–Crippen MR) is 70.1 cm³/mol. The Kier molecular flexibility index (Phi) is 5.29. The predicted octanol–water partition coefficient (Wildman–Crippen LogP) is 3.97. The number of cyclic esters (lactones) is 1. The lowest BCUT2D eigenvalue weighted by atomic mass is 9.88. The maximum absolute atomic E-state index is 11.8. The van der Waals surface area contributed by atoms with Crippen LogP contribution in [0.3, 0.4) is 0 Å². The van der Waals surface area contributed by atoms with Gasteiger partial charge in [0.1, 0.15) is 6.61 Å². The van der Waals surface area contributed by atoms with Crippen molar-refractivity contribution in [1.82, 2.24) is 4.90 Å². The molecule has 0 radical (unpaired) electrons. The highest BCUT2D eigenvalue weighted by atomic mass is 16.6. The van der Waals surface area contributed by atoms with Crippen LogP contribution in [0.2, 0.25) is 0 Å². The summed E-state index contributed by atoms with van der Waals surface area (Å²) >= 11 is 0. The van der Waals surface area contributed by atoms with Gasteiger partial charge in [0, 0.05) is 5.54 Å². The Balaban J connectivity index is 2.57. The molecule has 0 aliphatic carbocycles. The minimum atomic E-state index is -0.127. The van der Waals surface area contributed by atoms with Crippen molar-refractivity contribution in [3.63, 3.8) is 0 Å². The summed E-state index contributed by atoms with van der Waals surface area (Å²) in [6.07, 6.45) is 6.97. The fraction of sp³-hybridized carbons (Fsp3) is 0.929. The normalized spacial score (nSPS) is 23.6. The quantitative estimate of drug-likeness (QED) is 0.631. The van der Waals surface area contributed by atoms with E-state index in [0.29, 0.717) is 6.61 Å². The standard InChI is InChI=1S/C14H27NO2/c1-5-7-8-9-10-14(4,6-2)15-12(3)11-17-13(15)16/h12H,5-11H2,1-4H3. The van der Waals surface area contributed by atoms with Crippen molar-refractivity contribution in [2.75, 3.05) is 6.61 Å². The fourth-order valence-electron chi connectivity index (χ4n) is 2.67. The molecule has 0 saturated carbocycles. The number of amides is 1. The maximum atomic E-state index is 11.8. The Bertz CT molecular complexity index is 255. The summed E-state index contributed by atoms with van der Waals surface area (Å²) in [5.74, 6) is 0. The number of nitrogens with zero attached hydrogens (tertiary/aromatic N) is 1. The van der Waals surface area contributed by atoms with Crippen molar-refractivity contribution in [1.29, 1.82) is 0 Å². The molecule has 0 aromatic heterocycles. The molecule has 0 aromatic carbocycles. The van der Waals surface area contributed by atoms with E-state index in [1.807, 2.05) is 4.90 Å². The molecule has 1 rings (SSSR count). The molecular formula is C14H27NO2. The van der Waals surface area contributed by atoms with Crippen molar-refractivity contribution >= 4 is 6.09 Å². The number of hydrogen-bond donors (Lipinski definition) is 0. The second-order valence-corrected chi connectivity index (χ2v) is 5.46. The van der Waals surface area contributed by atoms with Gasteiger partial charge in [-0.1, -0.05) is 39.5 Å². The summed E-state index contributed by atoms with van der Waals surface area (Å²) < 4.78 is 5.14. The van der Waals surface area contributed by atoms with E-state index in [1.54, 1.807) is 0 Å². The van der Waals surface area contributed by atoms with Crippen LogP contribution in [0, 0.1) is 0 Å². The zero-order valence-electron chi connectivity index (χ0n) is 11.8. The summed E-state index contributed by atoms with van der Waals surface area (Å²) in [6.45, 7) is 9.20. The summed E-state index contributed by atoms with van der Waals surface area (Å²) in [7, 11) is 0. The maximum Gasteiger partial charge on any atom is 0.410 e. The van der Waals surface area contributed by atoms with Crippen molar-refractivity contribution in [2.24, 2.45) is 0 Å². The molecule has 1 fully saturated rings. The Morgan fingerprint density at radius 2 is 2.06 bits per heavy atom. The third-order valence-electron chi connectivity index (χ3n) is 4.00. The highest BCUT2D eigenvalue weighted by Gasteiger charge is 2.41. The Morgan fingerprint density at radius 3 is 2.53 bits per heavy atom. The van der Waals surface area contributed by atoms with Gasteiger partial charge in [-0.15, -0.1) is 0 Å².